The van der Waals surface area contributed by atoms with E-state index in [1.807, 2.05) is 22.7 Å². The van der Waals surface area contributed by atoms with Gasteiger partial charge in [0.25, 0.3) is 0 Å². The van der Waals surface area contributed by atoms with Crippen molar-refractivity contribution in [3.63, 3.8) is 0 Å². The minimum Gasteiger partial charge on any atom is -0.345 e. The average Bonchev–Trinajstić information content (AvgIpc) is 3.06. The van der Waals surface area contributed by atoms with Crippen molar-refractivity contribution >= 4 is 5.91 Å². The number of nitrogens with one attached hydrogen (secondary N) is 1. The lowest BCUT2D eigenvalue weighted by Crippen LogP contribution is -2.30. The van der Waals surface area contributed by atoms with Crippen LogP contribution in [0.4, 0.5) is 0 Å². The molecule has 1 aliphatic heterocycles. The number of carbonyl (C=O) groups is 1. The van der Waals surface area contributed by atoms with E-state index in [0.29, 0.717) is 12.6 Å². The number of carbonyl (C=O) groups excluding carboxylic acids is 1. The average molecular weight is 263 g/mol. The molecule has 1 saturated heterocycles. The maximum absolute atomic E-state index is 12.1. The zero-order valence-electron chi connectivity index (χ0n) is 12.1. The standard InChI is InChI=1S/C15H25N3O/c1-3-6-14(16-2)13-7-10-17(11-13)12-15(19)18-8-4-5-9-18/h7,10-11,14,16H,3-6,8-9,12H2,1-2H3. The highest BCUT2D eigenvalue weighted by atomic mass is 16.2. The van der Waals surface area contributed by atoms with E-state index in [1.54, 1.807) is 0 Å². The van der Waals surface area contributed by atoms with Crippen LogP contribution in [-0.2, 0) is 11.3 Å². The monoisotopic (exact) mass is 263 g/mol. The summed E-state index contributed by atoms with van der Waals surface area (Å²) < 4.78 is 2.01. The maximum atomic E-state index is 12.1. The van der Waals surface area contributed by atoms with E-state index >= 15 is 0 Å². The van der Waals surface area contributed by atoms with Crippen LogP contribution >= 0.6 is 0 Å². The number of hydrogen-bond acceptors (Lipinski definition) is 2. The van der Waals surface area contributed by atoms with Crippen molar-refractivity contribution in [3.8, 4) is 0 Å². The van der Waals surface area contributed by atoms with Gasteiger partial charge >= 0.3 is 0 Å². The lowest BCUT2D eigenvalue weighted by molar-refractivity contribution is -0.130. The molecule has 1 aromatic rings. The molecule has 1 aliphatic rings. The van der Waals surface area contributed by atoms with Crippen molar-refractivity contribution < 1.29 is 4.79 Å². The predicted octanol–water partition coefficient (Wildman–Crippen LogP) is 2.17. The van der Waals surface area contributed by atoms with E-state index in [0.717, 1.165) is 38.8 Å². The molecule has 0 saturated carbocycles. The smallest absolute Gasteiger partial charge is 0.242 e. The summed E-state index contributed by atoms with van der Waals surface area (Å²) in [6.45, 7) is 4.53. The van der Waals surface area contributed by atoms with Gasteiger partial charge in [0.15, 0.2) is 0 Å². The summed E-state index contributed by atoms with van der Waals surface area (Å²) >= 11 is 0. The summed E-state index contributed by atoms with van der Waals surface area (Å²) in [5.74, 6) is 0.246. The van der Waals surface area contributed by atoms with Gasteiger partial charge in [-0.2, -0.15) is 0 Å². The first-order chi connectivity index (χ1) is 9.24. The number of aromatic nitrogens is 1. The molecule has 4 nitrogen and oxygen atoms in total. The Balaban J connectivity index is 1.94. The summed E-state index contributed by atoms with van der Waals surface area (Å²) in [6, 6.07) is 2.52. The fourth-order valence-electron chi connectivity index (χ4n) is 2.75. The van der Waals surface area contributed by atoms with Crippen molar-refractivity contribution in [1.82, 2.24) is 14.8 Å². The number of likely N-dealkylation sites (tertiary alicyclic amines) is 1. The summed E-state index contributed by atoms with van der Waals surface area (Å²) in [6.07, 6.45) is 8.71. The topological polar surface area (TPSA) is 37.3 Å². The highest BCUT2D eigenvalue weighted by Crippen LogP contribution is 2.18. The molecule has 1 atom stereocenters. The minimum absolute atomic E-state index is 0.246. The number of rotatable bonds is 6. The molecule has 0 aliphatic carbocycles. The molecular formula is C15H25N3O. The molecule has 19 heavy (non-hydrogen) atoms. The van der Waals surface area contributed by atoms with Gasteiger partial charge in [0, 0.05) is 31.5 Å². The van der Waals surface area contributed by atoms with Gasteiger partial charge in [0.1, 0.15) is 6.54 Å². The SMILES string of the molecule is CCCC(NC)c1ccn(CC(=O)N2CCCC2)c1. The van der Waals surface area contributed by atoms with Crippen molar-refractivity contribution in [2.45, 2.75) is 45.2 Å². The summed E-state index contributed by atoms with van der Waals surface area (Å²) in [4.78, 5) is 14.1. The van der Waals surface area contributed by atoms with Crippen LogP contribution in [0.2, 0.25) is 0 Å². The van der Waals surface area contributed by atoms with Gasteiger partial charge in [-0.25, -0.2) is 0 Å². The zero-order chi connectivity index (χ0) is 13.7. The molecular weight excluding hydrogens is 238 g/mol. The van der Waals surface area contributed by atoms with Gasteiger partial charge in [-0.3, -0.25) is 4.79 Å². The predicted molar refractivity (Wildman–Crippen MR) is 77.0 cm³/mol. The van der Waals surface area contributed by atoms with Gasteiger partial charge in [0.05, 0.1) is 0 Å². The summed E-state index contributed by atoms with van der Waals surface area (Å²) in [5, 5.41) is 3.33. The Bertz CT molecular complexity index is 407. The van der Waals surface area contributed by atoms with Crippen LogP contribution in [0.1, 0.15) is 44.2 Å². The van der Waals surface area contributed by atoms with E-state index in [1.165, 1.54) is 5.56 Å². The van der Waals surface area contributed by atoms with Gasteiger partial charge in [-0.05, 0) is 37.9 Å². The first-order valence-electron chi connectivity index (χ1n) is 7.35. The minimum atomic E-state index is 0.246. The molecule has 1 N–H and O–H groups in total. The van der Waals surface area contributed by atoms with E-state index in [-0.39, 0.29) is 5.91 Å². The van der Waals surface area contributed by atoms with Crippen LogP contribution in [0.25, 0.3) is 0 Å². The first-order valence-corrected chi connectivity index (χ1v) is 7.35. The Morgan fingerprint density at radius 1 is 1.42 bits per heavy atom. The molecule has 0 spiro atoms. The highest BCUT2D eigenvalue weighted by molar-refractivity contribution is 5.76. The second kappa shape index (κ2) is 6.75. The summed E-state index contributed by atoms with van der Waals surface area (Å²) in [7, 11) is 1.99. The quantitative estimate of drug-likeness (QED) is 0.854. The molecule has 2 rings (SSSR count). The Labute approximate surface area is 115 Å². The van der Waals surface area contributed by atoms with Crippen molar-refractivity contribution in [1.29, 1.82) is 0 Å². The number of hydrogen-bond donors (Lipinski definition) is 1. The second-order valence-electron chi connectivity index (χ2n) is 5.34. The van der Waals surface area contributed by atoms with E-state index in [9.17, 15) is 4.79 Å². The third-order valence-electron chi connectivity index (χ3n) is 3.88. The maximum Gasteiger partial charge on any atom is 0.242 e. The molecule has 0 radical (unpaired) electrons. The zero-order valence-corrected chi connectivity index (χ0v) is 12.1. The lowest BCUT2D eigenvalue weighted by atomic mass is 10.1. The van der Waals surface area contributed by atoms with Crippen LogP contribution in [0, 0.1) is 0 Å². The van der Waals surface area contributed by atoms with Gasteiger partial charge in [-0.1, -0.05) is 13.3 Å². The molecule has 0 bridgehead atoms. The van der Waals surface area contributed by atoms with Crippen molar-refractivity contribution in [2.75, 3.05) is 20.1 Å². The molecule has 1 amide bonds. The van der Waals surface area contributed by atoms with Crippen LogP contribution in [0.15, 0.2) is 18.5 Å². The first kappa shape index (κ1) is 14.1. The third kappa shape index (κ3) is 3.60. The fourth-order valence-corrected chi connectivity index (χ4v) is 2.75. The third-order valence-corrected chi connectivity index (χ3v) is 3.88. The van der Waals surface area contributed by atoms with Crippen LogP contribution in [0.3, 0.4) is 0 Å². The van der Waals surface area contributed by atoms with E-state index in [2.05, 4.69) is 24.5 Å². The number of amides is 1. The Morgan fingerprint density at radius 2 is 2.16 bits per heavy atom. The lowest BCUT2D eigenvalue weighted by Gasteiger charge is -2.16. The molecule has 0 aromatic carbocycles. The van der Waals surface area contributed by atoms with Gasteiger partial charge < -0.3 is 14.8 Å². The van der Waals surface area contributed by atoms with E-state index < -0.39 is 0 Å². The van der Waals surface area contributed by atoms with Crippen LogP contribution in [-0.4, -0.2) is 35.5 Å². The van der Waals surface area contributed by atoms with E-state index in [4.69, 9.17) is 0 Å². The molecule has 1 aromatic heterocycles. The summed E-state index contributed by atoms with van der Waals surface area (Å²) in [5.41, 5.74) is 1.28. The highest BCUT2D eigenvalue weighted by Gasteiger charge is 2.18. The molecule has 2 heterocycles. The van der Waals surface area contributed by atoms with Crippen LogP contribution < -0.4 is 5.32 Å². The van der Waals surface area contributed by atoms with Crippen LogP contribution in [0.5, 0.6) is 0 Å². The van der Waals surface area contributed by atoms with Crippen molar-refractivity contribution in [3.05, 3.63) is 24.0 Å². The fraction of sp³-hybridized carbons (Fsp3) is 0.667. The number of nitrogens with zero attached hydrogens (tertiary/aromatic N) is 2. The second-order valence-corrected chi connectivity index (χ2v) is 5.34. The Hall–Kier alpha value is -1.29. The Morgan fingerprint density at radius 3 is 2.79 bits per heavy atom. The molecule has 1 fully saturated rings. The largest absolute Gasteiger partial charge is 0.345 e. The molecule has 106 valence electrons. The normalized spacial score (nSPS) is 16.8. The molecule has 4 heteroatoms. The van der Waals surface area contributed by atoms with Gasteiger partial charge in [-0.15, -0.1) is 0 Å². The van der Waals surface area contributed by atoms with Crippen molar-refractivity contribution in [2.24, 2.45) is 0 Å². The van der Waals surface area contributed by atoms with Gasteiger partial charge in [0.2, 0.25) is 5.91 Å². The molecule has 1 unspecified atom stereocenters. The Kier molecular flexibility index (Phi) is 5.02.